The van der Waals surface area contributed by atoms with E-state index >= 15 is 0 Å². The molecule has 7 aromatic rings. The molecule has 2 unspecified atom stereocenters. The Morgan fingerprint density at radius 2 is 1.26 bits per heavy atom. The number of rotatable bonds is 2. The second-order valence-electron chi connectivity index (χ2n) is 11.2. The van der Waals surface area contributed by atoms with Gasteiger partial charge in [-0.15, -0.1) is 0 Å². The third-order valence-corrected chi connectivity index (χ3v) is 8.89. The number of hydrogen-bond acceptors (Lipinski definition) is 3. The van der Waals surface area contributed by atoms with Crippen molar-refractivity contribution in [1.29, 1.82) is 0 Å². The fourth-order valence-electron chi connectivity index (χ4n) is 6.91. The maximum atomic E-state index is 4.94. The van der Waals surface area contributed by atoms with Crippen molar-refractivity contribution in [2.45, 2.75) is 6.04 Å². The highest BCUT2D eigenvalue weighted by Gasteiger charge is 2.27. The molecule has 0 saturated heterocycles. The van der Waals surface area contributed by atoms with Gasteiger partial charge < -0.3 is 0 Å². The molecule has 5 aromatic carbocycles. The lowest BCUT2D eigenvalue weighted by molar-refractivity contribution is 0.594. The predicted molar refractivity (Wildman–Crippen MR) is 176 cm³/mol. The topological polar surface area (TPSA) is 38.1 Å². The van der Waals surface area contributed by atoms with Gasteiger partial charge in [-0.1, -0.05) is 97.1 Å². The monoisotopic (exact) mass is 535 g/mol. The van der Waals surface area contributed by atoms with Gasteiger partial charge in [0.25, 0.3) is 0 Å². The lowest BCUT2D eigenvalue weighted by Gasteiger charge is -2.25. The van der Waals surface area contributed by atoms with Gasteiger partial charge in [-0.2, -0.15) is 0 Å². The molecule has 196 valence electrons. The van der Waals surface area contributed by atoms with E-state index < -0.39 is 0 Å². The van der Waals surface area contributed by atoms with Gasteiger partial charge in [0, 0.05) is 41.0 Å². The summed E-state index contributed by atoms with van der Waals surface area (Å²) in [4.78, 5) is 14.6. The highest BCUT2D eigenvalue weighted by atomic mass is 14.9. The van der Waals surface area contributed by atoms with Crippen LogP contribution in [0.25, 0.3) is 71.6 Å². The minimum absolute atomic E-state index is 0.0611. The molecule has 0 spiro atoms. The Bertz CT molecular complexity index is 2290. The molecule has 3 heterocycles. The van der Waals surface area contributed by atoms with Crippen LogP contribution in [0.2, 0.25) is 0 Å². The zero-order valence-corrected chi connectivity index (χ0v) is 22.8. The normalized spacial score (nSPS) is 17.2. The number of benzene rings is 5. The van der Waals surface area contributed by atoms with Crippen molar-refractivity contribution in [3.8, 4) is 22.3 Å². The number of nitrogens with zero attached hydrogens (tertiary/aromatic N) is 3. The molecule has 42 heavy (non-hydrogen) atoms. The van der Waals surface area contributed by atoms with Gasteiger partial charge in [-0.05, 0) is 73.3 Å². The SMILES string of the molecule is C1=CC2C=Cc3cc(-c4ccc(-c5ccc6c7ccccc7c7ccccc7c6c5)c5ncccc45)cnc3C2N=C1. The summed E-state index contributed by atoms with van der Waals surface area (Å²) in [6.45, 7) is 0. The van der Waals surface area contributed by atoms with Gasteiger partial charge in [0.15, 0.2) is 0 Å². The van der Waals surface area contributed by atoms with Crippen molar-refractivity contribution in [1.82, 2.24) is 9.97 Å². The fraction of sp³-hybridized carbons (Fsp3) is 0.0513. The zero-order valence-electron chi connectivity index (χ0n) is 22.8. The third-order valence-electron chi connectivity index (χ3n) is 8.89. The lowest BCUT2D eigenvalue weighted by Crippen LogP contribution is -2.15. The van der Waals surface area contributed by atoms with E-state index in [1.807, 2.05) is 30.8 Å². The first-order valence-corrected chi connectivity index (χ1v) is 14.4. The quantitative estimate of drug-likeness (QED) is 0.207. The van der Waals surface area contributed by atoms with Crippen LogP contribution in [0.15, 0.2) is 133 Å². The Morgan fingerprint density at radius 3 is 2.07 bits per heavy atom. The van der Waals surface area contributed by atoms with E-state index in [-0.39, 0.29) is 12.0 Å². The first-order chi connectivity index (χ1) is 20.8. The van der Waals surface area contributed by atoms with Crippen molar-refractivity contribution in [3.05, 3.63) is 139 Å². The number of pyridine rings is 2. The molecular weight excluding hydrogens is 510 g/mol. The zero-order chi connectivity index (χ0) is 27.6. The number of aromatic nitrogens is 2. The van der Waals surface area contributed by atoms with Crippen molar-refractivity contribution in [2.24, 2.45) is 10.9 Å². The minimum atomic E-state index is 0.0611. The Kier molecular flexibility index (Phi) is 5.02. The van der Waals surface area contributed by atoms with Crippen LogP contribution in [-0.4, -0.2) is 16.2 Å². The smallest absolute Gasteiger partial charge is 0.102 e. The summed E-state index contributed by atoms with van der Waals surface area (Å²) in [5, 5.41) is 8.79. The molecule has 1 aliphatic heterocycles. The van der Waals surface area contributed by atoms with Crippen LogP contribution in [0.4, 0.5) is 0 Å². The van der Waals surface area contributed by atoms with E-state index in [4.69, 9.17) is 15.0 Å². The molecule has 0 bridgehead atoms. The van der Waals surface area contributed by atoms with Crippen molar-refractivity contribution >= 4 is 55.5 Å². The van der Waals surface area contributed by atoms with Crippen LogP contribution in [0.1, 0.15) is 17.3 Å². The van der Waals surface area contributed by atoms with Crippen LogP contribution < -0.4 is 0 Å². The summed E-state index contributed by atoms with van der Waals surface area (Å²) in [6.07, 6.45) is 14.4. The summed E-state index contributed by atoms with van der Waals surface area (Å²) in [5.41, 5.74) is 7.70. The Hall–Kier alpha value is -5.41. The molecule has 0 fully saturated rings. The van der Waals surface area contributed by atoms with Crippen molar-refractivity contribution in [2.75, 3.05) is 0 Å². The second-order valence-corrected chi connectivity index (χ2v) is 11.2. The molecule has 0 amide bonds. The molecular formula is C39H25N3. The van der Waals surface area contributed by atoms with E-state index in [0.29, 0.717) is 0 Å². The van der Waals surface area contributed by atoms with Crippen LogP contribution >= 0.6 is 0 Å². The molecule has 0 radical (unpaired) electrons. The standard InChI is InChI=1S/C39H25N3/c1-2-10-32-30(8-1)31-9-3-4-11-33(31)36-22-25(15-16-34(32)36)29-18-17-28(35-12-6-20-41-39(29)35)27-21-26-14-13-24-7-5-19-40-37(24)38(26)42-23-27/h1-24,37H. The van der Waals surface area contributed by atoms with Crippen LogP contribution in [-0.2, 0) is 0 Å². The molecule has 1 aliphatic carbocycles. The van der Waals surface area contributed by atoms with E-state index in [0.717, 1.165) is 38.9 Å². The van der Waals surface area contributed by atoms with E-state index in [1.54, 1.807) is 0 Å². The van der Waals surface area contributed by atoms with Gasteiger partial charge in [-0.25, -0.2) is 0 Å². The summed E-state index contributed by atoms with van der Waals surface area (Å²) in [6, 6.07) is 35.3. The Morgan fingerprint density at radius 1 is 0.548 bits per heavy atom. The largest absolute Gasteiger partial charge is 0.283 e. The predicted octanol–water partition coefficient (Wildman–Crippen LogP) is 9.75. The highest BCUT2D eigenvalue weighted by molar-refractivity contribution is 6.26. The summed E-state index contributed by atoms with van der Waals surface area (Å²) in [5.74, 6) is 0.280. The average Bonchev–Trinajstić information content (AvgIpc) is 3.07. The molecule has 3 heteroatoms. The van der Waals surface area contributed by atoms with Crippen LogP contribution in [0.3, 0.4) is 0 Å². The molecule has 0 saturated carbocycles. The lowest BCUT2D eigenvalue weighted by atomic mass is 9.86. The maximum Gasteiger partial charge on any atom is 0.102 e. The molecule has 2 atom stereocenters. The third kappa shape index (κ3) is 3.44. The molecule has 2 aliphatic rings. The van der Waals surface area contributed by atoms with Crippen LogP contribution in [0.5, 0.6) is 0 Å². The van der Waals surface area contributed by atoms with Gasteiger partial charge in [0.05, 0.1) is 11.2 Å². The number of aliphatic imine (C=N–C) groups is 1. The Balaban J connectivity index is 1.22. The maximum absolute atomic E-state index is 4.94. The van der Waals surface area contributed by atoms with Gasteiger partial charge >= 0.3 is 0 Å². The average molecular weight is 536 g/mol. The van der Waals surface area contributed by atoms with Gasteiger partial charge in [0.2, 0.25) is 0 Å². The van der Waals surface area contributed by atoms with E-state index in [1.165, 1.54) is 37.9 Å². The first-order valence-electron chi connectivity index (χ1n) is 14.4. The fourth-order valence-corrected chi connectivity index (χ4v) is 6.91. The highest BCUT2D eigenvalue weighted by Crippen LogP contribution is 2.41. The van der Waals surface area contributed by atoms with Crippen molar-refractivity contribution < 1.29 is 0 Å². The van der Waals surface area contributed by atoms with Crippen LogP contribution in [0, 0.1) is 5.92 Å². The molecule has 0 N–H and O–H groups in total. The number of fused-ring (bicyclic) bond motifs is 10. The first kappa shape index (κ1) is 23.3. The molecule has 9 rings (SSSR count). The van der Waals surface area contributed by atoms with Gasteiger partial charge in [0.1, 0.15) is 6.04 Å². The summed E-state index contributed by atoms with van der Waals surface area (Å²) in [7, 11) is 0. The molecule has 3 nitrogen and oxygen atoms in total. The van der Waals surface area contributed by atoms with Gasteiger partial charge in [-0.3, -0.25) is 15.0 Å². The van der Waals surface area contributed by atoms with E-state index in [2.05, 4.69) is 109 Å². The number of dihydropyridines is 1. The van der Waals surface area contributed by atoms with E-state index in [9.17, 15) is 0 Å². The minimum Gasteiger partial charge on any atom is -0.283 e. The number of allylic oxidation sites excluding steroid dienone is 1. The second kappa shape index (κ2) is 9.05. The molecule has 2 aromatic heterocycles. The van der Waals surface area contributed by atoms with Crippen molar-refractivity contribution in [3.63, 3.8) is 0 Å². The Labute approximate surface area is 243 Å². The number of hydrogen-bond donors (Lipinski definition) is 0. The summed E-state index contributed by atoms with van der Waals surface area (Å²) >= 11 is 0. The summed E-state index contributed by atoms with van der Waals surface area (Å²) < 4.78 is 0.